The van der Waals surface area contributed by atoms with Gasteiger partial charge in [-0.2, -0.15) is 0 Å². The van der Waals surface area contributed by atoms with Crippen molar-refractivity contribution in [2.75, 3.05) is 7.11 Å². The second-order valence-electron chi connectivity index (χ2n) is 7.51. The number of carbonyl (C=O) groups excluding carboxylic acids is 3. The average molecular weight is 377 g/mol. The highest BCUT2D eigenvalue weighted by Gasteiger charge is 2.31. The lowest BCUT2D eigenvalue weighted by molar-refractivity contribution is -0.119. The van der Waals surface area contributed by atoms with Crippen LogP contribution in [0.3, 0.4) is 0 Å². The van der Waals surface area contributed by atoms with E-state index < -0.39 is 0 Å². The summed E-state index contributed by atoms with van der Waals surface area (Å²) < 4.78 is 5.23. The molecule has 1 aliphatic carbocycles. The van der Waals surface area contributed by atoms with Gasteiger partial charge in [0, 0.05) is 23.1 Å². The molecule has 0 radical (unpaired) electrons. The first-order valence-electron chi connectivity index (χ1n) is 10.5. The van der Waals surface area contributed by atoms with Crippen molar-refractivity contribution in [2.24, 2.45) is 0 Å². The molecule has 0 saturated heterocycles. The number of Topliss-reactive ketones (excluding diaryl/α,β-unsaturated/α-hetero) is 3. The minimum atomic E-state index is -0.1000. The average Bonchev–Trinajstić information content (AvgIpc) is 2.64. The van der Waals surface area contributed by atoms with E-state index in [1.807, 2.05) is 6.92 Å². The summed E-state index contributed by atoms with van der Waals surface area (Å²) in [5, 5.41) is 0. The molecule has 27 heavy (non-hydrogen) atoms. The van der Waals surface area contributed by atoms with Gasteiger partial charge in [0.15, 0.2) is 11.5 Å². The Kier molecular flexibility index (Phi) is 10.9. The molecule has 0 atom stereocenters. The van der Waals surface area contributed by atoms with E-state index in [9.17, 15) is 14.4 Å². The first-order chi connectivity index (χ1) is 12.9. The second-order valence-corrected chi connectivity index (χ2v) is 7.51. The monoisotopic (exact) mass is 376 g/mol. The molecule has 0 bridgehead atoms. The van der Waals surface area contributed by atoms with Crippen LogP contribution in [-0.4, -0.2) is 24.5 Å². The van der Waals surface area contributed by atoms with Gasteiger partial charge in [-0.1, -0.05) is 51.9 Å². The third-order valence-electron chi connectivity index (χ3n) is 5.34. The number of ketones is 3. The molecule has 0 heterocycles. The summed E-state index contributed by atoms with van der Waals surface area (Å²) in [7, 11) is 1.47. The summed E-state index contributed by atoms with van der Waals surface area (Å²) in [6.07, 6.45) is 12.1. The lowest BCUT2D eigenvalue weighted by Gasteiger charge is -2.20. The minimum absolute atomic E-state index is 0.0336. The van der Waals surface area contributed by atoms with E-state index in [2.05, 4.69) is 0 Å². The Hall–Kier alpha value is -1.71. The maximum Gasteiger partial charge on any atom is 0.224 e. The third-order valence-corrected chi connectivity index (χ3v) is 5.34. The fourth-order valence-electron chi connectivity index (χ4n) is 3.66. The highest BCUT2D eigenvalue weighted by molar-refractivity contribution is 6.24. The topological polar surface area (TPSA) is 60.4 Å². The van der Waals surface area contributed by atoms with Crippen molar-refractivity contribution in [1.29, 1.82) is 0 Å². The molecule has 1 aliphatic rings. The van der Waals surface area contributed by atoms with Crippen molar-refractivity contribution in [2.45, 2.75) is 97.8 Å². The Bertz CT molecular complexity index is 595. The zero-order chi connectivity index (χ0) is 20.2. The van der Waals surface area contributed by atoms with Gasteiger partial charge in [0.2, 0.25) is 5.78 Å². The van der Waals surface area contributed by atoms with Crippen LogP contribution in [0.25, 0.3) is 0 Å². The summed E-state index contributed by atoms with van der Waals surface area (Å²) in [5.74, 6) is 0.399. The van der Waals surface area contributed by atoms with Gasteiger partial charge >= 0.3 is 0 Å². The number of methoxy groups -OCH3 is 1. The molecule has 0 N–H and O–H groups in total. The van der Waals surface area contributed by atoms with Gasteiger partial charge < -0.3 is 9.53 Å². The van der Waals surface area contributed by atoms with Crippen molar-refractivity contribution in [3.63, 3.8) is 0 Å². The smallest absolute Gasteiger partial charge is 0.224 e. The van der Waals surface area contributed by atoms with E-state index in [1.165, 1.54) is 32.8 Å². The zero-order valence-corrected chi connectivity index (χ0v) is 17.6. The van der Waals surface area contributed by atoms with E-state index in [0.29, 0.717) is 29.6 Å². The fraction of sp³-hybridized carbons (Fsp3) is 0.696. The van der Waals surface area contributed by atoms with E-state index in [0.717, 1.165) is 38.5 Å². The maximum absolute atomic E-state index is 12.6. The third kappa shape index (κ3) is 7.43. The molecular weight excluding hydrogens is 340 g/mol. The van der Waals surface area contributed by atoms with E-state index in [4.69, 9.17) is 4.74 Å². The summed E-state index contributed by atoms with van der Waals surface area (Å²) in [5.41, 5.74) is 1.75. The predicted octanol–water partition coefficient (Wildman–Crippen LogP) is 5.65. The predicted molar refractivity (Wildman–Crippen MR) is 109 cm³/mol. The van der Waals surface area contributed by atoms with Crippen LogP contribution in [0.15, 0.2) is 22.5 Å². The van der Waals surface area contributed by atoms with E-state index in [1.54, 1.807) is 13.8 Å². The van der Waals surface area contributed by atoms with Gasteiger partial charge in [-0.05, 0) is 39.5 Å². The lowest BCUT2D eigenvalue weighted by atomic mass is 9.85. The van der Waals surface area contributed by atoms with Crippen molar-refractivity contribution in [3.05, 3.63) is 22.5 Å². The molecule has 0 aliphatic heterocycles. The molecule has 0 fully saturated rings. The normalized spacial score (nSPS) is 15.0. The minimum Gasteiger partial charge on any atom is -0.492 e. The number of allylic oxidation sites excluding steroid dienone is 3. The largest absolute Gasteiger partial charge is 0.492 e. The first kappa shape index (κ1) is 23.3. The van der Waals surface area contributed by atoms with Crippen LogP contribution >= 0.6 is 0 Å². The molecule has 152 valence electrons. The van der Waals surface area contributed by atoms with Crippen molar-refractivity contribution < 1.29 is 19.1 Å². The van der Waals surface area contributed by atoms with Crippen LogP contribution in [0.5, 0.6) is 0 Å². The number of rotatable bonds is 14. The van der Waals surface area contributed by atoms with E-state index >= 15 is 0 Å². The number of ether oxygens (including phenoxy) is 1. The van der Waals surface area contributed by atoms with Crippen LogP contribution in [0.4, 0.5) is 0 Å². The molecule has 0 aromatic carbocycles. The SMILES string of the molecule is CCC1=C(OC)C(=O)C(CCCCCCCCCCCC(C)=O)=C(C)C1=O. The zero-order valence-electron chi connectivity index (χ0n) is 17.6. The molecule has 0 spiro atoms. The summed E-state index contributed by atoms with van der Waals surface area (Å²) >= 11 is 0. The molecule has 0 aromatic heterocycles. The molecule has 0 saturated carbocycles. The fourth-order valence-corrected chi connectivity index (χ4v) is 3.66. The highest BCUT2D eigenvalue weighted by atomic mass is 16.5. The second kappa shape index (κ2) is 12.6. The van der Waals surface area contributed by atoms with Crippen LogP contribution in [0.1, 0.15) is 97.8 Å². The number of hydrogen-bond donors (Lipinski definition) is 0. The van der Waals surface area contributed by atoms with Gasteiger partial charge in [-0.25, -0.2) is 0 Å². The molecule has 0 amide bonds. The lowest BCUT2D eigenvalue weighted by Crippen LogP contribution is -2.24. The molecule has 0 unspecified atom stereocenters. The molecular formula is C23H36O4. The quantitative estimate of drug-likeness (QED) is 0.290. The number of unbranched alkanes of at least 4 members (excludes halogenated alkanes) is 8. The van der Waals surface area contributed by atoms with Gasteiger partial charge in [-0.3, -0.25) is 9.59 Å². The summed E-state index contributed by atoms with van der Waals surface area (Å²) in [6, 6.07) is 0. The van der Waals surface area contributed by atoms with E-state index in [-0.39, 0.29) is 23.1 Å². The van der Waals surface area contributed by atoms with Gasteiger partial charge in [0.25, 0.3) is 0 Å². The molecule has 0 aromatic rings. The Balaban J connectivity index is 2.25. The van der Waals surface area contributed by atoms with Crippen LogP contribution in [0, 0.1) is 0 Å². The maximum atomic E-state index is 12.6. The molecule has 4 nitrogen and oxygen atoms in total. The first-order valence-corrected chi connectivity index (χ1v) is 10.5. The Morgan fingerprint density at radius 3 is 1.81 bits per heavy atom. The van der Waals surface area contributed by atoms with Gasteiger partial charge in [0.1, 0.15) is 5.78 Å². The molecule has 4 heteroatoms. The Labute approximate surface area is 164 Å². The Morgan fingerprint density at radius 2 is 1.33 bits per heavy atom. The van der Waals surface area contributed by atoms with Crippen LogP contribution < -0.4 is 0 Å². The summed E-state index contributed by atoms with van der Waals surface area (Å²) in [4.78, 5) is 35.9. The van der Waals surface area contributed by atoms with Crippen LogP contribution in [-0.2, 0) is 19.1 Å². The summed E-state index contributed by atoms with van der Waals surface area (Å²) in [6.45, 7) is 5.30. The van der Waals surface area contributed by atoms with Crippen molar-refractivity contribution in [1.82, 2.24) is 0 Å². The number of carbonyl (C=O) groups is 3. The van der Waals surface area contributed by atoms with Crippen LogP contribution in [0.2, 0.25) is 0 Å². The number of hydrogen-bond acceptors (Lipinski definition) is 4. The van der Waals surface area contributed by atoms with Gasteiger partial charge in [0.05, 0.1) is 7.11 Å². The molecule has 1 rings (SSSR count). The van der Waals surface area contributed by atoms with Crippen molar-refractivity contribution in [3.8, 4) is 0 Å². The highest BCUT2D eigenvalue weighted by Crippen LogP contribution is 2.29. The van der Waals surface area contributed by atoms with Gasteiger partial charge in [-0.15, -0.1) is 0 Å². The Morgan fingerprint density at radius 1 is 0.815 bits per heavy atom. The van der Waals surface area contributed by atoms with Crippen molar-refractivity contribution >= 4 is 17.3 Å². The standard InChI is InChI=1S/C23H36O4/c1-5-19-21(25)18(3)20(22(26)23(19)27-4)16-14-12-10-8-6-7-9-11-13-15-17(2)24/h5-16H2,1-4H3.